The highest BCUT2D eigenvalue weighted by atomic mass is 35.5. The Bertz CT molecular complexity index is 336. The SMILES string of the molecule is O=Cc1ccc(Cl)c(F)c1C=O. The Morgan fingerprint density at radius 3 is 2.42 bits per heavy atom. The number of carbonyl (C=O) groups excluding carboxylic acids is 2. The molecule has 0 unspecified atom stereocenters. The van der Waals surface area contributed by atoms with E-state index >= 15 is 0 Å². The summed E-state index contributed by atoms with van der Waals surface area (Å²) < 4.78 is 12.9. The molecular weight excluding hydrogens is 183 g/mol. The minimum Gasteiger partial charge on any atom is -0.298 e. The second kappa shape index (κ2) is 3.45. The summed E-state index contributed by atoms with van der Waals surface area (Å²) in [6, 6.07) is 2.52. The Morgan fingerprint density at radius 2 is 1.92 bits per heavy atom. The summed E-state index contributed by atoms with van der Waals surface area (Å²) in [6.07, 6.45) is 0.675. The monoisotopic (exact) mass is 186 g/mol. The van der Waals surface area contributed by atoms with Crippen LogP contribution in [0.5, 0.6) is 0 Å². The third-order valence-corrected chi connectivity index (χ3v) is 1.70. The van der Waals surface area contributed by atoms with Gasteiger partial charge in [0, 0.05) is 5.56 Å². The van der Waals surface area contributed by atoms with Crippen molar-refractivity contribution in [2.45, 2.75) is 0 Å². The van der Waals surface area contributed by atoms with Crippen molar-refractivity contribution in [3.63, 3.8) is 0 Å². The summed E-state index contributed by atoms with van der Waals surface area (Å²) in [5.41, 5.74) is -0.288. The molecule has 0 fully saturated rings. The van der Waals surface area contributed by atoms with Gasteiger partial charge in [-0.3, -0.25) is 9.59 Å². The highest BCUT2D eigenvalue weighted by molar-refractivity contribution is 6.31. The molecule has 0 amide bonds. The molecule has 0 spiro atoms. The van der Waals surface area contributed by atoms with Crippen LogP contribution in [0.15, 0.2) is 12.1 Å². The molecule has 0 bridgehead atoms. The lowest BCUT2D eigenvalue weighted by Crippen LogP contribution is -1.95. The standard InChI is InChI=1S/C8H4ClFO2/c9-7-2-1-5(3-11)6(4-12)8(7)10/h1-4H. The molecule has 4 heteroatoms. The third-order valence-electron chi connectivity index (χ3n) is 1.41. The number of halogens is 2. The van der Waals surface area contributed by atoms with E-state index < -0.39 is 5.82 Å². The van der Waals surface area contributed by atoms with E-state index in [9.17, 15) is 14.0 Å². The van der Waals surface area contributed by atoms with E-state index in [0.717, 1.165) is 0 Å². The van der Waals surface area contributed by atoms with Gasteiger partial charge in [0.15, 0.2) is 18.4 Å². The van der Waals surface area contributed by atoms with Gasteiger partial charge in [-0.1, -0.05) is 11.6 Å². The van der Waals surface area contributed by atoms with E-state index in [1.165, 1.54) is 12.1 Å². The van der Waals surface area contributed by atoms with Gasteiger partial charge in [0.2, 0.25) is 0 Å². The first-order chi connectivity index (χ1) is 5.70. The zero-order valence-corrected chi connectivity index (χ0v) is 6.64. The Morgan fingerprint density at radius 1 is 1.25 bits per heavy atom. The normalized spacial score (nSPS) is 9.50. The van der Waals surface area contributed by atoms with Crippen LogP contribution in [0.25, 0.3) is 0 Å². The minimum absolute atomic E-state index is 0.00639. The number of rotatable bonds is 2. The van der Waals surface area contributed by atoms with Crippen molar-refractivity contribution in [1.29, 1.82) is 0 Å². The van der Waals surface area contributed by atoms with E-state index in [-0.39, 0.29) is 22.4 Å². The van der Waals surface area contributed by atoms with E-state index in [2.05, 4.69) is 0 Å². The lowest BCUT2D eigenvalue weighted by Gasteiger charge is -1.99. The molecule has 0 aliphatic heterocycles. The van der Waals surface area contributed by atoms with E-state index in [4.69, 9.17) is 11.6 Å². The first kappa shape index (κ1) is 8.87. The van der Waals surface area contributed by atoms with Crippen LogP contribution in [0.4, 0.5) is 4.39 Å². The van der Waals surface area contributed by atoms with Gasteiger partial charge in [0.1, 0.15) is 0 Å². The van der Waals surface area contributed by atoms with Gasteiger partial charge in [0.05, 0.1) is 10.6 Å². The molecule has 2 nitrogen and oxygen atoms in total. The Kier molecular flexibility index (Phi) is 2.55. The summed E-state index contributed by atoms with van der Waals surface area (Å²) in [7, 11) is 0. The molecule has 0 saturated heterocycles. The summed E-state index contributed by atoms with van der Waals surface area (Å²) in [4.78, 5) is 20.6. The summed E-state index contributed by atoms with van der Waals surface area (Å²) in [5, 5.41) is -0.164. The zero-order chi connectivity index (χ0) is 9.14. The summed E-state index contributed by atoms with van der Waals surface area (Å²) >= 11 is 5.37. The lowest BCUT2D eigenvalue weighted by atomic mass is 10.1. The molecule has 62 valence electrons. The Labute approximate surface area is 73.0 Å². The fourth-order valence-electron chi connectivity index (χ4n) is 0.804. The maximum Gasteiger partial charge on any atom is 0.153 e. The van der Waals surface area contributed by atoms with Gasteiger partial charge in [-0.15, -0.1) is 0 Å². The van der Waals surface area contributed by atoms with Crippen LogP contribution in [0.2, 0.25) is 5.02 Å². The van der Waals surface area contributed by atoms with Crippen LogP contribution in [-0.4, -0.2) is 12.6 Å². The highest BCUT2D eigenvalue weighted by Gasteiger charge is 2.10. The molecule has 1 rings (SSSR count). The molecule has 0 N–H and O–H groups in total. The molecule has 12 heavy (non-hydrogen) atoms. The van der Waals surface area contributed by atoms with Crippen molar-refractivity contribution in [1.82, 2.24) is 0 Å². The van der Waals surface area contributed by atoms with Crippen molar-refractivity contribution in [3.05, 3.63) is 34.1 Å². The molecule has 1 aromatic rings. The number of hydrogen-bond donors (Lipinski definition) is 0. The van der Waals surface area contributed by atoms with Gasteiger partial charge in [-0.25, -0.2) is 4.39 Å². The van der Waals surface area contributed by atoms with Crippen LogP contribution >= 0.6 is 11.6 Å². The van der Waals surface area contributed by atoms with Crippen molar-refractivity contribution in [2.24, 2.45) is 0 Å². The average Bonchev–Trinajstić information content (AvgIpc) is 2.09. The molecule has 0 saturated carbocycles. The molecule has 0 atom stereocenters. The smallest absolute Gasteiger partial charge is 0.153 e. The van der Waals surface area contributed by atoms with Crippen LogP contribution < -0.4 is 0 Å². The van der Waals surface area contributed by atoms with Gasteiger partial charge >= 0.3 is 0 Å². The highest BCUT2D eigenvalue weighted by Crippen LogP contribution is 2.19. The molecule has 0 aromatic heterocycles. The predicted octanol–water partition coefficient (Wildman–Crippen LogP) is 2.10. The van der Waals surface area contributed by atoms with E-state index in [1.54, 1.807) is 0 Å². The zero-order valence-electron chi connectivity index (χ0n) is 5.88. The van der Waals surface area contributed by atoms with Crippen molar-refractivity contribution < 1.29 is 14.0 Å². The second-order valence-electron chi connectivity index (χ2n) is 2.10. The van der Waals surface area contributed by atoms with Crippen LogP contribution in [0.1, 0.15) is 20.7 Å². The van der Waals surface area contributed by atoms with Crippen molar-refractivity contribution in [3.8, 4) is 0 Å². The number of benzene rings is 1. The maximum absolute atomic E-state index is 12.9. The quantitative estimate of drug-likeness (QED) is 0.663. The van der Waals surface area contributed by atoms with Gasteiger partial charge in [-0.2, -0.15) is 0 Å². The van der Waals surface area contributed by atoms with Crippen LogP contribution in [0.3, 0.4) is 0 Å². The molecule has 0 aliphatic rings. The minimum atomic E-state index is -0.851. The molecule has 0 aliphatic carbocycles. The maximum atomic E-state index is 12.9. The molecule has 0 heterocycles. The summed E-state index contributed by atoms with van der Waals surface area (Å²) in [6.45, 7) is 0. The number of aldehydes is 2. The predicted molar refractivity (Wildman–Crippen MR) is 42.2 cm³/mol. The largest absolute Gasteiger partial charge is 0.298 e. The van der Waals surface area contributed by atoms with Gasteiger partial charge in [0.25, 0.3) is 0 Å². The first-order valence-corrected chi connectivity index (χ1v) is 3.47. The molecule has 1 aromatic carbocycles. The lowest BCUT2D eigenvalue weighted by molar-refractivity contribution is 0.109. The summed E-state index contributed by atoms with van der Waals surface area (Å²) in [5.74, 6) is -0.851. The fourth-order valence-corrected chi connectivity index (χ4v) is 0.969. The van der Waals surface area contributed by atoms with Crippen LogP contribution in [-0.2, 0) is 0 Å². The van der Waals surface area contributed by atoms with Crippen LogP contribution in [0, 0.1) is 5.82 Å². The number of hydrogen-bond acceptors (Lipinski definition) is 2. The van der Waals surface area contributed by atoms with Gasteiger partial charge in [-0.05, 0) is 12.1 Å². The Balaban J connectivity index is 3.45. The van der Waals surface area contributed by atoms with Gasteiger partial charge < -0.3 is 0 Å². The van der Waals surface area contributed by atoms with Crippen molar-refractivity contribution in [2.75, 3.05) is 0 Å². The topological polar surface area (TPSA) is 34.1 Å². The average molecular weight is 187 g/mol. The fraction of sp³-hybridized carbons (Fsp3) is 0. The van der Waals surface area contributed by atoms with E-state index in [0.29, 0.717) is 6.29 Å². The Hall–Kier alpha value is -1.22. The first-order valence-electron chi connectivity index (χ1n) is 3.09. The van der Waals surface area contributed by atoms with E-state index in [1.807, 2.05) is 0 Å². The molecule has 0 radical (unpaired) electrons. The molecular formula is C8H4ClFO2. The third kappa shape index (κ3) is 1.36. The second-order valence-corrected chi connectivity index (χ2v) is 2.51. The number of carbonyl (C=O) groups is 2. The van der Waals surface area contributed by atoms with Crippen molar-refractivity contribution >= 4 is 24.2 Å².